The highest BCUT2D eigenvalue weighted by molar-refractivity contribution is 6.06. The minimum absolute atomic E-state index is 0.144. The van der Waals surface area contributed by atoms with Crippen molar-refractivity contribution < 1.29 is 23.9 Å². The zero-order valence-corrected chi connectivity index (χ0v) is 10.7. The van der Waals surface area contributed by atoms with Crippen LogP contribution in [0.5, 0.6) is 0 Å². The molecule has 6 heteroatoms. The fraction of sp³-hybridized carbons (Fsp3) is 0.750. The summed E-state index contributed by atoms with van der Waals surface area (Å²) < 4.78 is 9.79. The zero-order valence-electron chi connectivity index (χ0n) is 10.7. The Hall–Kier alpha value is -1.59. The van der Waals surface area contributed by atoms with Crippen molar-refractivity contribution >= 4 is 18.3 Å². The number of nitrogens with one attached hydrogen (secondary N) is 1. The number of amides is 1. The average Bonchev–Trinajstić information content (AvgIpc) is 3.12. The van der Waals surface area contributed by atoms with Crippen LogP contribution in [0.15, 0.2) is 0 Å². The van der Waals surface area contributed by atoms with Gasteiger partial charge in [-0.05, 0) is 26.2 Å². The lowest BCUT2D eigenvalue weighted by Gasteiger charge is -2.28. The summed E-state index contributed by atoms with van der Waals surface area (Å²) in [4.78, 5) is 34.7. The first kappa shape index (κ1) is 14.5. The van der Waals surface area contributed by atoms with Crippen molar-refractivity contribution in [2.24, 2.45) is 5.92 Å². The smallest absolute Gasteiger partial charge is 0.343 e. The Kier molecular flexibility index (Phi) is 5.12. The second-order valence-corrected chi connectivity index (χ2v) is 4.26. The first-order valence-electron chi connectivity index (χ1n) is 6.16. The number of carbonyl (C=O) groups is 3. The van der Waals surface area contributed by atoms with E-state index in [0.717, 1.165) is 12.8 Å². The molecule has 0 aliphatic heterocycles. The van der Waals surface area contributed by atoms with Crippen molar-refractivity contribution in [3.8, 4) is 0 Å². The topological polar surface area (TPSA) is 81.7 Å². The molecule has 18 heavy (non-hydrogen) atoms. The van der Waals surface area contributed by atoms with Gasteiger partial charge in [0.2, 0.25) is 11.9 Å². The van der Waals surface area contributed by atoms with Crippen LogP contribution >= 0.6 is 0 Å². The minimum atomic E-state index is -1.69. The van der Waals surface area contributed by atoms with Crippen molar-refractivity contribution in [1.29, 1.82) is 0 Å². The molecule has 1 fully saturated rings. The van der Waals surface area contributed by atoms with Crippen LogP contribution in [-0.4, -0.2) is 37.1 Å². The highest BCUT2D eigenvalue weighted by Gasteiger charge is 2.51. The van der Waals surface area contributed by atoms with E-state index in [4.69, 9.17) is 9.47 Å². The highest BCUT2D eigenvalue weighted by Crippen LogP contribution is 2.37. The summed E-state index contributed by atoms with van der Waals surface area (Å²) in [7, 11) is 0. The third-order valence-electron chi connectivity index (χ3n) is 2.84. The summed E-state index contributed by atoms with van der Waals surface area (Å²) in [5, 5.41) is 2.31. The van der Waals surface area contributed by atoms with Crippen LogP contribution in [0.3, 0.4) is 0 Å². The van der Waals surface area contributed by atoms with Crippen LogP contribution in [0, 0.1) is 5.92 Å². The first-order chi connectivity index (χ1) is 8.60. The monoisotopic (exact) mass is 257 g/mol. The third-order valence-corrected chi connectivity index (χ3v) is 2.84. The Morgan fingerprint density at radius 2 is 1.72 bits per heavy atom. The van der Waals surface area contributed by atoms with E-state index in [2.05, 4.69) is 5.32 Å². The molecule has 0 heterocycles. The van der Waals surface area contributed by atoms with Gasteiger partial charge in [-0.15, -0.1) is 0 Å². The van der Waals surface area contributed by atoms with Gasteiger partial charge in [-0.2, -0.15) is 0 Å². The van der Waals surface area contributed by atoms with Crippen LogP contribution < -0.4 is 5.32 Å². The van der Waals surface area contributed by atoms with Crippen molar-refractivity contribution in [3.63, 3.8) is 0 Å². The van der Waals surface area contributed by atoms with Crippen molar-refractivity contribution in [2.75, 3.05) is 13.2 Å². The van der Waals surface area contributed by atoms with Gasteiger partial charge in [0.1, 0.15) is 0 Å². The van der Waals surface area contributed by atoms with E-state index in [-0.39, 0.29) is 25.6 Å². The quantitative estimate of drug-likeness (QED) is 0.386. The molecule has 0 spiro atoms. The molecule has 1 rings (SSSR count). The molecule has 0 unspecified atom stereocenters. The lowest BCUT2D eigenvalue weighted by molar-refractivity contribution is -0.167. The second kappa shape index (κ2) is 6.37. The number of hydrogen-bond acceptors (Lipinski definition) is 5. The average molecular weight is 257 g/mol. The molecular weight excluding hydrogens is 238 g/mol. The Morgan fingerprint density at radius 3 is 2.06 bits per heavy atom. The number of ether oxygens (including phenoxy) is 2. The van der Waals surface area contributed by atoms with Gasteiger partial charge in [0.25, 0.3) is 0 Å². The molecule has 6 nitrogen and oxygen atoms in total. The summed E-state index contributed by atoms with van der Waals surface area (Å²) in [6.45, 7) is 3.58. The molecule has 0 aromatic rings. The van der Waals surface area contributed by atoms with Gasteiger partial charge in [0.15, 0.2) is 0 Å². The molecule has 0 aromatic carbocycles. The molecule has 1 aliphatic rings. The summed E-state index contributed by atoms with van der Waals surface area (Å²) in [5.41, 5.74) is -1.69. The lowest BCUT2D eigenvalue weighted by atomic mass is 9.92. The molecule has 0 radical (unpaired) electrons. The highest BCUT2D eigenvalue weighted by atomic mass is 16.6. The Morgan fingerprint density at radius 1 is 1.22 bits per heavy atom. The van der Waals surface area contributed by atoms with Crippen molar-refractivity contribution in [2.45, 2.75) is 38.6 Å². The van der Waals surface area contributed by atoms with Gasteiger partial charge in [0, 0.05) is 0 Å². The molecule has 1 saturated carbocycles. The Labute approximate surface area is 106 Å². The van der Waals surface area contributed by atoms with E-state index < -0.39 is 17.5 Å². The molecule has 0 atom stereocenters. The molecule has 102 valence electrons. The number of carbonyl (C=O) groups excluding carboxylic acids is 3. The van der Waals surface area contributed by atoms with Crippen molar-refractivity contribution in [3.05, 3.63) is 0 Å². The Balaban J connectivity index is 2.94. The van der Waals surface area contributed by atoms with Gasteiger partial charge >= 0.3 is 11.9 Å². The van der Waals surface area contributed by atoms with E-state index >= 15 is 0 Å². The van der Waals surface area contributed by atoms with Gasteiger partial charge in [-0.1, -0.05) is 12.8 Å². The van der Waals surface area contributed by atoms with Gasteiger partial charge in [-0.25, -0.2) is 9.59 Å². The van der Waals surface area contributed by atoms with E-state index in [9.17, 15) is 14.4 Å². The van der Waals surface area contributed by atoms with Crippen LogP contribution in [0.1, 0.15) is 33.1 Å². The fourth-order valence-electron chi connectivity index (χ4n) is 1.79. The Bertz CT molecular complexity index is 306. The fourth-order valence-corrected chi connectivity index (χ4v) is 1.79. The summed E-state index contributed by atoms with van der Waals surface area (Å²) in [6, 6.07) is 0. The van der Waals surface area contributed by atoms with Crippen LogP contribution in [0.25, 0.3) is 0 Å². The van der Waals surface area contributed by atoms with E-state index in [1.54, 1.807) is 13.8 Å². The normalized spacial score (nSPS) is 14.8. The molecule has 1 N–H and O–H groups in total. The van der Waals surface area contributed by atoms with Gasteiger partial charge < -0.3 is 14.8 Å². The van der Waals surface area contributed by atoms with Gasteiger partial charge in [0.05, 0.1) is 13.2 Å². The number of rotatable bonds is 8. The molecule has 0 bridgehead atoms. The van der Waals surface area contributed by atoms with Crippen LogP contribution in [-0.2, 0) is 23.9 Å². The van der Waals surface area contributed by atoms with E-state index in [0.29, 0.717) is 6.41 Å². The molecule has 1 aliphatic carbocycles. The number of hydrogen-bond donors (Lipinski definition) is 1. The SMILES string of the molecule is CCOC(=O)C(CC1CC1)(NC=O)C(=O)OCC. The maximum absolute atomic E-state index is 12.0. The predicted molar refractivity (Wildman–Crippen MR) is 62.5 cm³/mol. The third kappa shape index (κ3) is 3.21. The zero-order chi connectivity index (χ0) is 13.6. The number of esters is 2. The molecule has 1 amide bonds. The predicted octanol–water partition coefficient (Wildman–Crippen LogP) is 0.397. The van der Waals surface area contributed by atoms with Crippen LogP contribution in [0.4, 0.5) is 0 Å². The summed E-state index contributed by atoms with van der Waals surface area (Å²) in [6.07, 6.45) is 2.47. The molecular formula is C12H19NO5. The summed E-state index contributed by atoms with van der Waals surface area (Å²) >= 11 is 0. The molecule has 0 aromatic heterocycles. The minimum Gasteiger partial charge on any atom is -0.464 e. The van der Waals surface area contributed by atoms with Gasteiger partial charge in [-0.3, -0.25) is 4.79 Å². The van der Waals surface area contributed by atoms with E-state index in [1.807, 2.05) is 0 Å². The van der Waals surface area contributed by atoms with E-state index in [1.165, 1.54) is 0 Å². The second-order valence-electron chi connectivity index (χ2n) is 4.26. The lowest BCUT2D eigenvalue weighted by Crippen LogP contribution is -2.59. The first-order valence-corrected chi connectivity index (χ1v) is 6.16. The van der Waals surface area contributed by atoms with Crippen molar-refractivity contribution in [1.82, 2.24) is 5.32 Å². The standard InChI is InChI=1S/C12H19NO5/c1-3-17-10(15)12(13-8-14,7-9-5-6-9)11(16)18-4-2/h8-9H,3-7H2,1-2H3,(H,13,14). The summed E-state index contributed by atoms with van der Waals surface area (Å²) in [5.74, 6) is -1.24. The molecule has 0 saturated heterocycles. The van der Waals surface area contributed by atoms with Crippen LogP contribution in [0.2, 0.25) is 0 Å². The maximum Gasteiger partial charge on any atom is 0.343 e. The largest absolute Gasteiger partial charge is 0.464 e. The maximum atomic E-state index is 12.0.